The number of carbonyl (C=O) groups excluding carboxylic acids is 1. The standard InChI is InChI=1S/C7H6NOS.3C4H9.Sn/c9-7-5-2-4-10-6(5)1-3-8-7;3*1-3-4-2;/h2H,1,3H2,(H,8,9);3*1,3-4H2,2H3;. The average molecular weight is 442 g/mol. The van der Waals surface area contributed by atoms with Crippen molar-refractivity contribution < 1.29 is 4.79 Å². The van der Waals surface area contributed by atoms with Crippen LogP contribution in [0.1, 0.15) is 74.5 Å². The molecule has 4 heteroatoms. The first-order valence-electron chi connectivity index (χ1n) is 9.58. The van der Waals surface area contributed by atoms with Crippen LogP contribution >= 0.6 is 11.3 Å². The molecule has 1 aliphatic heterocycles. The van der Waals surface area contributed by atoms with Gasteiger partial charge in [0.25, 0.3) is 0 Å². The quantitative estimate of drug-likeness (QED) is 0.503. The first-order chi connectivity index (χ1) is 11.2. The van der Waals surface area contributed by atoms with Gasteiger partial charge in [0.15, 0.2) is 0 Å². The fraction of sp³-hybridized carbons (Fsp3) is 0.737. The van der Waals surface area contributed by atoms with Crippen molar-refractivity contribution in [2.75, 3.05) is 6.54 Å². The molecule has 0 fully saturated rings. The molecule has 2 rings (SSSR count). The van der Waals surface area contributed by atoms with Gasteiger partial charge in [-0.05, 0) is 0 Å². The van der Waals surface area contributed by atoms with Crippen LogP contribution in [0.5, 0.6) is 0 Å². The molecule has 1 aliphatic rings. The Kier molecular flexibility index (Phi) is 7.93. The number of nitrogens with one attached hydrogen (secondary N) is 1. The number of fused-ring (bicyclic) bond motifs is 1. The van der Waals surface area contributed by atoms with Crippen molar-refractivity contribution in [3.05, 3.63) is 16.5 Å². The molecule has 0 atom stereocenters. The fourth-order valence-corrected chi connectivity index (χ4v) is 24.2. The number of carbonyl (C=O) groups is 1. The first-order valence-corrected chi connectivity index (χ1v) is 17.9. The van der Waals surface area contributed by atoms with Gasteiger partial charge in [0.1, 0.15) is 0 Å². The first kappa shape index (κ1) is 19.3. The summed E-state index contributed by atoms with van der Waals surface area (Å²) in [5, 5.41) is 3.02. The number of rotatable bonds is 10. The van der Waals surface area contributed by atoms with Crippen LogP contribution in [-0.2, 0) is 6.42 Å². The van der Waals surface area contributed by atoms with Crippen molar-refractivity contribution >= 4 is 38.5 Å². The second kappa shape index (κ2) is 9.45. The summed E-state index contributed by atoms with van der Waals surface area (Å²) in [6.07, 6.45) is 9.13. The third-order valence-electron chi connectivity index (χ3n) is 5.24. The Morgan fingerprint density at radius 2 is 1.61 bits per heavy atom. The van der Waals surface area contributed by atoms with Crippen molar-refractivity contribution in [1.29, 1.82) is 0 Å². The normalized spacial score (nSPS) is 14.7. The summed E-state index contributed by atoms with van der Waals surface area (Å²) >= 11 is -0.307. The van der Waals surface area contributed by atoms with Gasteiger partial charge >= 0.3 is 151 Å². The third-order valence-corrected chi connectivity index (χ3v) is 24.6. The summed E-state index contributed by atoms with van der Waals surface area (Å²) in [4.78, 5) is 13.6. The van der Waals surface area contributed by atoms with Crippen LogP contribution in [0, 0.1) is 0 Å². The molecular weight excluding hydrogens is 409 g/mol. The predicted molar refractivity (Wildman–Crippen MR) is 105 cm³/mol. The maximum absolute atomic E-state index is 12.2. The Morgan fingerprint density at radius 1 is 1.04 bits per heavy atom. The van der Waals surface area contributed by atoms with E-state index in [-0.39, 0.29) is 5.91 Å². The van der Waals surface area contributed by atoms with E-state index in [9.17, 15) is 4.79 Å². The molecule has 1 aromatic rings. The van der Waals surface area contributed by atoms with Gasteiger partial charge in [-0.25, -0.2) is 0 Å². The van der Waals surface area contributed by atoms with Crippen LogP contribution in [0.25, 0.3) is 0 Å². The Morgan fingerprint density at radius 3 is 2.09 bits per heavy atom. The van der Waals surface area contributed by atoms with Gasteiger partial charge < -0.3 is 0 Å². The van der Waals surface area contributed by atoms with Crippen LogP contribution in [0.4, 0.5) is 0 Å². The molecule has 0 unspecified atom stereocenters. The zero-order valence-corrected chi connectivity index (χ0v) is 18.8. The molecule has 0 saturated heterocycles. The van der Waals surface area contributed by atoms with Gasteiger partial charge in [-0.3, -0.25) is 0 Å². The van der Waals surface area contributed by atoms with Crippen molar-refractivity contribution in [1.82, 2.24) is 5.32 Å². The van der Waals surface area contributed by atoms with Crippen molar-refractivity contribution in [2.24, 2.45) is 0 Å². The summed E-state index contributed by atoms with van der Waals surface area (Å²) in [5.41, 5.74) is 1.02. The Labute approximate surface area is 150 Å². The Balaban J connectivity index is 2.34. The zero-order valence-electron chi connectivity index (χ0n) is 15.2. The van der Waals surface area contributed by atoms with E-state index in [1.807, 2.05) is 11.3 Å². The van der Waals surface area contributed by atoms with E-state index in [4.69, 9.17) is 0 Å². The molecular formula is C19H33NOSSn. The number of unbranched alkanes of at least 4 members (excludes halogenated alkanes) is 3. The Bertz CT molecular complexity index is 490. The van der Waals surface area contributed by atoms with Gasteiger partial charge in [-0.1, -0.05) is 0 Å². The molecule has 0 radical (unpaired) electrons. The summed E-state index contributed by atoms with van der Waals surface area (Å²) in [6, 6.07) is 2.34. The second-order valence-corrected chi connectivity index (χ2v) is 22.3. The van der Waals surface area contributed by atoms with Crippen molar-refractivity contribution in [3.63, 3.8) is 0 Å². The molecule has 2 nitrogen and oxygen atoms in total. The maximum atomic E-state index is 12.2. The van der Waals surface area contributed by atoms with E-state index >= 15 is 0 Å². The summed E-state index contributed by atoms with van der Waals surface area (Å²) in [7, 11) is 0. The molecule has 0 aromatic carbocycles. The van der Waals surface area contributed by atoms with Gasteiger partial charge in [0.2, 0.25) is 0 Å². The van der Waals surface area contributed by atoms with Crippen LogP contribution < -0.4 is 8.21 Å². The fourth-order valence-electron chi connectivity index (χ4n) is 3.74. The molecule has 0 saturated carbocycles. The van der Waals surface area contributed by atoms with E-state index in [2.05, 4.69) is 32.2 Å². The number of amides is 1. The molecule has 1 aromatic heterocycles. The minimum atomic E-state index is -2.34. The molecule has 0 aliphatic carbocycles. The average Bonchev–Trinajstić information content (AvgIpc) is 3.01. The third kappa shape index (κ3) is 4.74. The van der Waals surface area contributed by atoms with Crippen molar-refractivity contribution in [2.45, 2.75) is 79.0 Å². The van der Waals surface area contributed by atoms with Crippen LogP contribution in [0.2, 0.25) is 13.3 Å². The van der Waals surface area contributed by atoms with Crippen molar-refractivity contribution in [3.8, 4) is 0 Å². The number of hydrogen-bond donors (Lipinski definition) is 1. The topological polar surface area (TPSA) is 29.1 Å². The molecule has 1 N–H and O–H groups in total. The van der Waals surface area contributed by atoms with E-state index in [0.29, 0.717) is 0 Å². The molecule has 0 bridgehead atoms. The van der Waals surface area contributed by atoms with E-state index in [1.54, 1.807) is 2.89 Å². The number of hydrogen-bond acceptors (Lipinski definition) is 2. The van der Waals surface area contributed by atoms with Gasteiger partial charge in [0, 0.05) is 0 Å². The van der Waals surface area contributed by atoms with E-state index < -0.39 is 18.4 Å². The van der Waals surface area contributed by atoms with Gasteiger partial charge in [-0.2, -0.15) is 0 Å². The molecule has 130 valence electrons. The SMILES string of the molecule is CCC[CH2][Sn]([CH2]CCC)([CH2]CCC)[c]1cc2c(s1)CCNC2=O. The summed E-state index contributed by atoms with van der Waals surface area (Å²) in [5.74, 6) is 0.176. The van der Waals surface area contributed by atoms with Gasteiger partial charge in [0.05, 0.1) is 0 Å². The van der Waals surface area contributed by atoms with Crippen LogP contribution in [0.3, 0.4) is 0 Å². The van der Waals surface area contributed by atoms with Crippen LogP contribution in [0.15, 0.2) is 6.07 Å². The molecule has 2 heterocycles. The van der Waals surface area contributed by atoms with Crippen LogP contribution in [-0.4, -0.2) is 30.8 Å². The van der Waals surface area contributed by atoms with E-state index in [1.165, 1.54) is 56.7 Å². The van der Waals surface area contributed by atoms with E-state index in [0.717, 1.165) is 18.5 Å². The minimum absolute atomic E-state index is 0.176. The summed E-state index contributed by atoms with van der Waals surface area (Å²) in [6.45, 7) is 7.79. The molecule has 1 amide bonds. The second-order valence-electron chi connectivity index (χ2n) is 7.04. The summed E-state index contributed by atoms with van der Waals surface area (Å²) < 4.78 is 6.18. The Hall–Kier alpha value is -0.0313. The molecule has 23 heavy (non-hydrogen) atoms. The molecule has 0 spiro atoms. The zero-order chi connectivity index (χ0) is 16.7. The predicted octanol–water partition coefficient (Wildman–Crippen LogP) is 5.09. The monoisotopic (exact) mass is 443 g/mol. The van der Waals surface area contributed by atoms with Gasteiger partial charge in [-0.15, -0.1) is 0 Å². The number of thiophene rings is 1.